The summed E-state index contributed by atoms with van der Waals surface area (Å²) in [6, 6.07) is 15.8. The summed E-state index contributed by atoms with van der Waals surface area (Å²) in [5.41, 5.74) is 2.89. The van der Waals surface area contributed by atoms with Gasteiger partial charge in [0.05, 0.1) is 12.2 Å². The largest absolute Gasteiger partial charge is 0.468 e. The fraction of sp³-hybridized carbons (Fsp3) is 0.381. The highest BCUT2D eigenvalue weighted by molar-refractivity contribution is 5.89. The molecule has 0 bridgehead atoms. The van der Waals surface area contributed by atoms with Crippen LogP contribution in [0.4, 0.5) is 0 Å². The number of esters is 1. The van der Waals surface area contributed by atoms with Crippen molar-refractivity contribution in [3.8, 4) is 5.75 Å². The lowest BCUT2D eigenvalue weighted by Gasteiger charge is -2.25. The fourth-order valence-corrected chi connectivity index (χ4v) is 2.75. The van der Waals surface area contributed by atoms with Crippen molar-refractivity contribution in [2.24, 2.45) is 0 Å². The minimum atomic E-state index is -0.286. The Morgan fingerprint density at radius 2 is 1.85 bits per heavy atom. The summed E-state index contributed by atoms with van der Waals surface area (Å²) in [6.45, 7) is 2.41. The second-order valence-electron chi connectivity index (χ2n) is 6.22. The van der Waals surface area contributed by atoms with E-state index in [1.54, 1.807) is 14.0 Å². The van der Waals surface area contributed by atoms with E-state index in [4.69, 9.17) is 14.2 Å². The first kappa shape index (κ1) is 19.9. The zero-order valence-electron chi connectivity index (χ0n) is 15.9. The van der Waals surface area contributed by atoms with Gasteiger partial charge in [0.1, 0.15) is 5.75 Å². The van der Waals surface area contributed by atoms with Gasteiger partial charge in [0.25, 0.3) is 0 Å². The quantitative estimate of drug-likeness (QED) is 0.506. The van der Waals surface area contributed by atoms with Gasteiger partial charge < -0.3 is 19.1 Å². The van der Waals surface area contributed by atoms with E-state index in [1.807, 2.05) is 42.5 Å². The number of ether oxygens (including phenoxy) is 3. The molecule has 5 nitrogen and oxygen atoms in total. The molecule has 0 amide bonds. The Morgan fingerprint density at radius 1 is 1.12 bits per heavy atom. The van der Waals surface area contributed by atoms with E-state index in [0.717, 1.165) is 23.3 Å². The molecule has 140 valence electrons. The van der Waals surface area contributed by atoms with Gasteiger partial charge in [-0.15, -0.1) is 0 Å². The van der Waals surface area contributed by atoms with Crippen LogP contribution in [0.2, 0.25) is 0 Å². The Hall–Kier alpha value is -2.37. The molecule has 0 aliphatic rings. The molecular formula is C21H27NO4. The first-order chi connectivity index (χ1) is 12.5. The molecule has 0 aliphatic heterocycles. The van der Waals surface area contributed by atoms with Crippen molar-refractivity contribution in [2.75, 3.05) is 34.6 Å². The van der Waals surface area contributed by atoms with E-state index in [0.29, 0.717) is 12.2 Å². The highest BCUT2D eigenvalue weighted by Crippen LogP contribution is 2.26. The topological polar surface area (TPSA) is 48.0 Å². The van der Waals surface area contributed by atoms with Gasteiger partial charge in [-0.1, -0.05) is 24.3 Å². The van der Waals surface area contributed by atoms with Crippen LogP contribution in [0.5, 0.6) is 5.75 Å². The first-order valence-electron chi connectivity index (χ1n) is 8.69. The molecule has 2 aromatic carbocycles. The summed E-state index contributed by atoms with van der Waals surface area (Å²) in [5, 5.41) is 0. The average Bonchev–Trinajstić information content (AvgIpc) is 2.65. The Morgan fingerprint density at radius 3 is 2.46 bits per heavy atom. The Balaban J connectivity index is 2.14. The van der Waals surface area contributed by atoms with Gasteiger partial charge in [-0.25, -0.2) is 4.79 Å². The van der Waals surface area contributed by atoms with Crippen LogP contribution in [0.3, 0.4) is 0 Å². The van der Waals surface area contributed by atoms with Crippen molar-refractivity contribution < 1.29 is 19.0 Å². The van der Waals surface area contributed by atoms with Crippen LogP contribution in [0, 0.1) is 0 Å². The summed E-state index contributed by atoms with van der Waals surface area (Å²) in [7, 11) is 5.72. The molecule has 0 saturated carbocycles. The highest BCUT2D eigenvalue weighted by Gasteiger charge is 2.16. The maximum Gasteiger partial charge on any atom is 0.338 e. The number of carbonyl (C=O) groups excluding carboxylic acids is 1. The minimum Gasteiger partial charge on any atom is -0.468 e. The molecule has 0 spiro atoms. The van der Waals surface area contributed by atoms with Crippen molar-refractivity contribution in [2.45, 2.75) is 19.4 Å². The van der Waals surface area contributed by atoms with Gasteiger partial charge in [-0.2, -0.15) is 0 Å². The smallest absolute Gasteiger partial charge is 0.338 e. The number of benzene rings is 2. The molecule has 0 radical (unpaired) electrons. The maximum absolute atomic E-state index is 11.8. The van der Waals surface area contributed by atoms with Crippen molar-refractivity contribution in [1.82, 2.24) is 4.90 Å². The van der Waals surface area contributed by atoms with Gasteiger partial charge in [-0.05, 0) is 62.8 Å². The third-order valence-corrected chi connectivity index (χ3v) is 4.10. The fourth-order valence-electron chi connectivity index (χ4n) is 2.75. The van der Waals surface area contributed by atoms with Gasteiger partial charge in [0.15, 0.2) is 6.79 Å². The van der Waals surface area contributed by atoms with E-state index >= 15 is 0 Å². The van der Waals surface area contributed by atoms with Crippen molar-refractivity contribution >= 4 is 5.97 Å². The van der Waals surface area contributed by atoms with Gasteiger partial charge in [-0.3, -0.25) is 0 Å². The van der Waals surface area contributed by atoms with Crippen molar-refractivity contribution in [3.63, 3.8) is 0 Å². The highest BCUT2D eigenvalue weighted by atomic mass is 16.7. The predicted octanol–water partition coefficient (Wildman–Crippen LogP) is 3.69. The molecule has 0 saturated heterocycles. The van der Waals surface area contributed by atoms with Crippen LogP contribution in [0.1, 0.15) is 34.5 Å². The number of hydrogen-bond acceptors (Lipinski definition) is 5. The monoisotopic (exact) mass is 357 g/mol. The molecule has 2 aromatic rings. The molecule has 1 atom stereocenters. The van der Waals surface area contributed by atoms with Gasteiger partial charge in [0, 0.05) is 13.2 Å². The second kappa shape index (κ2) is 9.94. The lowest BCUT2D eigenvalue weighted by molar-refractivity contribution is 0.0509. The Labute approximate surface area is 155 Å². The summed E-state index contributed by atoms with van der Waals surface area (Å²) < 4.78 is 15.5. The van der Waals surface area contributed by atoms with Crippen LogP contribution >= 0.6 is 0 Å². The number of rotatable bonds is 9. The predicted molar refractivity (Wildman–Crippen MR) is 101 cm³/mol. The van der Waals surface area contributed by atoms with Crippen LogP contribution < -0.4 is 4.74 Å². The molecule has 2 rings (SSSR count). The summed E-state index contributed by atoms with van der Waals surface area (Å²) in [5.74, 6) is 0.500. The molecular weight excluding hydrogens is 330 g/mol. The molecule has 0 N–H and O–H groups in total. The SMILES string of the molecule is CCOC(=O)c1ccc(CC(c2cccc(OCOC)c2)N(C)C)cc1. The second-order valence-corrected chi connectivity index (χ2v) is 6.22. The van der Waals surface area contributed by atoms with E-state index in [2.05, 4.69) is 25.1 Å². The number of nitrogens with zero attached hydrogens (tertiary/aromatic N) is 1. The molecule has 0 aliphatic carbocycles. The van der Waals surface area contributed by atoms with Gasteiger partial charge >= 0.3 is 5.97 Å². The van der Waals surface area contributed by atoms with E-state index in [-0.39, 0.29) is 18.8 Å². The average molecular weight is 357 g/mol. The first-order valence-corrected chi connectivity index (χ1v) is 8.69. The third kappa shape index (κ3) is 5.58. The molecule has 0 heterocycles. The molecule has 5 heteroatoms. The molecule has 0 aromatic heterocycles. The molecule has 0 fully saturated rings. The number of carbonyl (C=O) groups is 1. The summed E-state index contributed by atoms with van der Waals surface area (Å²) in [4.78, 5) is 14.0. The summed E-state index contributed by atoms with van der Waals surface area (Å²) in [6.07, 6.45) is 0.823. The number of likely N-dealkylation sites (N-methyl/N-ethyl adjacent to an activating group) is 1. The molecule has 26 heavy (non-hydrogen) atoms. The van der Waals surface area contributed by atoms with Crippen LogP contribution in [0.25, 0.3) is 0 Å². The van der Waals surface area contributed by atoms with E-state index in [9.17, 15) is 4.79 Å². The van der Waals surface area contributed by atoms with Crippen LogP contribution in [-0.4, -0.2) is 45.5 Å². The molecule has 1 unspecified atom stereocenters. The van der Waals surface area contributed by atoms with E-state index in [1.165, 1.54) is 0 Å². The van der Waals surface area contributed by atoms with Crippen LogP contribution in [-0.2, 0) is 15.9 Å². The maximum atomic E-state index is 11.8. The zero-order valence-corrected chi connectivity index (χ0v) is 15.9. The lowest BCUT2D eigenvalue weighted by atomic mass is 9.97. The van der Waals surface area contributed by atoms with E-state index < -0.39 is 0 Å². The normalized spacial score (nSPS) is 12.0. The van der Waals surface area contributed by atoms with Gasteiger partial charge in [0.2, 0.25) is 0 Å². The summed E-state index contributed by atoms with van der Waals surface area (Å²) >= 11 is 0. The minimum absolute atomic E-state index is 0.189. The number of methoxy groups -OCH3 is 1. The number of hydrogen-bond donors (Lipinski definition) is 0. The lowest BCUT2D eigenvalue weighted by Crippen LogP contribution is -2.22. The van der Waals surface area contributed by atoms with Crippen molar-refractivity contribution in [1.29, 1.82) is 0 Å². The third-order valence-electron chi connectivity index (χ3n) is 4.10. The Kier molecular flexibility index (Phi) is 7.63. The van der Waals surface area contributed by atoms with Crippen molar-refractivity contribution in [3.05, 3.63) is 65.2 Å². The zero-order chi connectivity index (χ0) is 18.9. The standard InChI is InChI=1S/C21H27NO4/c1-5-25-21(23)17-11-9-16(10-12-17)13-20(22(2)3)18-7-6-8-19(14-18)26-15-24-4/h6-12,14,20H,5,13,15H2,1-4H3. The van der Waals surface area contributed by atoms with Crippen LogP contribution in [0.15, 0.2) is 48.5 Å². The Bertz CT molecular complexity index is 697.